The van der Waals surface area contributed by atoms with Crippen molar-refractivity contribution in [3.63, 3.8) is 0 Å². The molecule has 0 bridgehead atoms. The van der Waals surface area contributed by atoms with Crippen molar-refractivity contribution in [2.24, 2.45) is 5.92 Å². The molecule has 0 aromatic carbocycles. The summed E-state index contributed by atoms with van der Waals surface area (Å²) in [5.41, 5.74) is 0. The van der Waals surface area contributed by atoms with Gasteiger partial charge in [-0.1, -0.05) is 26.7 Å². The number of unbranched alkanes of at least 4 members (excludes halogenated alkanes) is 1. The molecule has 0 saturated heterocycles. The number of hydrogen-bond acceptors (Lipinski definition) is 2. The molecule has 0 atom stereocenters. The Balaban J connectivity index is 1.66. The minimum atomic E-state index is 0.859. The zero-order chi connectivity index (χ0) is 10.2. The fourth-order valence-electron chi connectivity index (χ4n) is 1.58. The van der Waals surface area contributed by atoms with Crippen molar-refractivity contribution in [1.82, 2.24) is 10.6 Å². The molecule has 0 unspecified atom stereocenters. The summed E-state index contributed by atoms with van der Waals surface area (Å²) in [4.78, 5) is 0. The summed E-state index contributed by atoms with van der Waals surface area (Å²) in [5.74, 6) is 0.867. The van der Waals surface area contributed by atoms with Crippen LogP contribution in [-0.2, 0) is 0 Å². The summed E-state index contributed by atoms with van der Waals surface area (Å²) >= 11 is 0. The standard InChI is InChI=1S/C12H26N2/c1-11(2)5-3-4-8-13-9-10-14-12-6-7-12/h11-14H,3-10H2,1-2H3. The molecule has 0 aromatic heterocycles. The Bertz CT molecular complexity index is 122. The van der Waals surface area contributed by atoms with Crippen molar-refractivity contribution in [2.45, 2.75) is 52.0 Å². The molecule has 1 fully saturated rings. The molecule has 14 heavy (non-hydrogen) atoms. The summed E-state index contributed by atoms with van der Waals surface area (Å²) < 4.78 is 0. The van der Waals surface area contributed by atoms with E-state index in [1.165, 1.54) is 38.6 Å². The Kier molecular flexibility index (Phi) is 6.20. The molecular weight excluding hydrogens is 172 g/mol. The van der Waals surface area contributed by atoms with Crippen molar-refractivity contribution in [3.05, 3.63) is 0 Å². The van der Waals surface area contributed by atoms with Gasteiger partial charge in [-0.3, -0.25) is 0 Å². The van der Waals surface area contributed by atoms with Gasteiger partial charge in [-0.2, -0.15) is 0 Å². The highest BCUT2D eigenvalue weighted by atomic mass is 15.0. The molecule has 84 valence electrons. The third-order valence-corrected chi connectivity index (χ3v) is 2.70. The smallest absolute Gasteiger partial charge is 0.00793 e. The van der Waals surface area contributed by atoms with Gasteiger partial charge in [0.15, 0.2) is 0 Å². The van der Waals surface area contributed by atoms with Crippen LogP contribution in [0, 0.1) is 5.92 Å². The lowest BCUT2D eigenvalue weighted by Crippen LogP contribution is -2.29. The molecule has 2 heteroatoms. The third kappa shape index (κ3) is 7.34. The molecule has 2 nitrogen and oxygen atoms in total. The highest BCUT2D eigenvalue weighted by Gasteiger charge is 2.19. The summed E-state index contributed by atoms with van der Waals surface area (Å²) in [6.45, 7) is 8.08. The van der Waals surface area contributed by atoms with Crippen molar-refractivity contribution >= 4 is 0 Å². The largest absolute Gasteiger partial charge is 0.315 e. The van der Waals surface area contributed by atoms with E-state index in [0.717, 1.165) is 25.0 Å². The molecule has 0 heterocycles. The molecule has 1 aliphatic carbocycles. The molecular formula is C12H26N2. The summed E-state index contributed by atoms with van der Waals surface area (Å²) in [6, 6.07) is 0.859. The zero-order valence-electron chi connectivity index (χ0n) is 9.81. The average molecular weight is 198 g/mol. The monoisotopic (exact) mass is 198 g/mol. The lowest BCUT2D eigenvalue weighted by molar-refractivity contribution is 0.516. The second kappa shape index (κ2) is 7.24. The van der Waals surface area contributed by atoms with Gasteiger partial charge in [0.2, 0.25) is 0 Å². The first-order valence-electron chi connectivity index (χ1n) is 6.23. The third-order valence-electron chi connectivity index (χ3n) is 2.70. The van der Waals surface area contributed by atoms with Crippen LogP contribution in [0.4, 0.5) is 0 Å². The van der Waals surface area contributed by atoms with Crippen LogP contribution < -0.4 is 10.6 Å². The molecule has 0 aromatic rings. The van der Waals surface area contributed by atoms with E-state index in [0.29, 0.717) is 0 Å². The van der Waals surface area contributed by atoms with E-state index in [2.05, 4.69) is 24.5 Å². The van der Waals surface area contributed by atoms with Gasteiger partial charge < -0.3 is 10.6 Å². The first-order chi connectivity index (χ1) is 6.79. The Labute approximate surface area is 88.8 Å². The molecule has 1 rings (SSSR count). The first-order valence-corrected chi connectivity index (χ1v) is 6.23. The molecule has 2 N–H and O–H groups in total. The fourth-order valence-corrected chi connectivity index (χ4v) is 1.58. The van der Waals surface area contributed by atoms with Gasteiger partial charge in [-0.05, 0) is 31.7 Å². The zero-order valence-corrected chi connectivity index (χ0v) is 9.81. The Morgan fingerprint density at radius 2 is 1.86 bits per heavy atom. The molecule has 1 saturated carbocycles. The van der Waals surface area contributed by atoms with Crippen LogP contribution in [0.5, 0.6) is 0 Å². The van der Waals surface area contributed by atoms with Crippen LogP contribution in [0.25, 0.3) is 0 Å². The molecule has 0 spiro atoms. The van der Waals surface area contributed by atoms with Crippen molar-refractivity contribution in [2.75, 3.05) is 19.6 Å². The van der Waals surface area contributed by atoms with Gasteiger partial charge in [0.25, 0.3) is 0 Å². The SMILES string of the molecule is CC(C)CCCCNCCNC1CC1. The van der Waals surface area contributed by atoms with E-state index in [4.69, 9.17) is 0 Å². The van der Waals surface area contributed by atoms with Gasteiger partial charge in [-0.15, -0.1) is 0 Å². The fraction of sp³-hybridized carbons (Fsp3) is 1.00. The lowest BCUT2D eigenvalue weighted by Gasteiger charge is -2.06. The van der Waals surface area contributed by atoms with Crippen LogP contribution >= 0.6 is 0 Å². The van der Waals surface area contributed by atoms with E-state index < -0.39 is 0 Å². The van der Waals surface area contributed by atoms with E-state index in [-0.39, 0.29) is 0 Å². The number of nitrogens with one attached hydrogen (secondary N) is 2. The summed E-state index contributed by atoms with van der Waals surface area (Å²) in [5, 5.41) is 6.98. The molecule has 0 radical (unpaired) electrons. The van der Waals surface area contributed by atoms with Gasteiger partial charge in [0, 0.05) is 19.1 Å². The maximum atomic E-state index is 3.50. The molecule has 0 amide bonds. The van der Waals surface area contributed by atoms with Crippen molar-refractivity contribution in [1.29, 1.82) is 0 Å². The Hall–Kier alpha value is -0.0800. The Morgan fingerprint density at radius 3 is 2.50 bits per heavy atom. The predicted octanol–water partition coefficient (Wildman–Crippen LogP) is 2.15. The average Bonchev–Trinajstić information content (AvgIpc) is 2.92. The van der Waals surface area contributed by atoms with Gasteiger partial charge in [0.05, 0.1) is 0 Å². The minimum absolute atomic E-state index is 0.859. The molecule has 0 aliphatic heterocycles. The normalized spacial score (nSPS) is 16.5. The van der Waals surface area contributed by atoms with Crippen LogP contribution in [0.15, 0.2) is 0 Å². The van der Waals surface area contributed by atoms with Gasteiger partial charge >= 0.3 is 0 Å². The second-order valence-corrected chi connectivity index (χ2v) is 4.87. The highest BCUT2D eigenvalue weighted by Crippen LogP contribution is 2.17. The second-order valence-electron chi connectivity index (χ2n) is 4.87. The van der Waals surface area contributed by atoms with Crippen LogP contribution in [0.2, 0.25) is 0 Å². The minimum Gasteiger partial charge on any atom is -0.315 e. The van der Waals surface area contributed by atoms with Gasteiger partial charge in [-0.25, -0.2) is 0 Å². The predicted molar refractivity (Wildman–Crippen MR) is 62.6 cm³/mol. The van der Waals surface area contributed by atoms with Gasteiger partial charge in [0.1, 0.15) is 0 Å². The van der Waals surface area contributed by atoms with Crippen LogP contribution in [0.3, 0.4) is 0 Å². The maximum absolute atomic E-state index is 3.50. The lowest BCUT2D eigenvalue weighted by atomic mass is 10.1. The topological polar surface area (TPSA) is 24.1 Å². The number of hydrogen-bond donors (Lipinski definition) is 2. The summed E-state index contributed by atoms with van der Waals surface area (Å²) in [6.07, 6.45) is 6.88. The highest BCUT2D eigenvalue weighted by molar-refractivity contribution is 4.80. The first kappa shape index (κ1) is 12.0. The quantitative estimate of drug-likeness (QED) is 0.555. The van der Waals surface area contributed by atoms with E-state index in [9.17, 15) is 0 Å². The van der Waals surface area contributed by atoms with E-state index >= 15 is 0 Å². The molecule has 1 aliphatic rings. The van der Waals surface area contributed by atoms with E-state index in [1.54, 1.807) is 0 Å². The summed E-state index contributed by atoms with van der Waals surface area (Å²) in [7, 11) is 0. The van der Waals surface area contributed by atoms with Crippen LogP contribution in [-0.4, -0.2) is 25.7 Å². The van der Waals surface area contributed by atoms with Crippen molar-refractivity contribution in [3.8, 4) is 0 Å². The Morgan fingerprint density at radius 1 is 1.07 bits per heavy atom. The van der Waals surface area contributed by atoms with E-state index in [1.807, 2.05) is 0 Å². The van der Waals surface area contributed by atoms with Crippen LogP contribution in [0.1, 0.15) is 46.0 Å². The van der Waals surface area contributed by atoms with Crippen molar-refractivity contribution < 1.29 is 0 Å². The number of rotatable bonds is 9. The maximum Gasteiger partial charge on any atom is 0.00793 e.